The van der Waals surface area contributed by atoms with Crippen LogP contribution < -0.4 is 0 Å². The number of nitrogens with zero attached hydrogens (tertiary/aromatic N) is 3. The van der Waals surface area contributed by atoms with Crippen LogP contribution in [-0.2, 0) is 0 Å². The van der Waals surface area contributed by atoms with E-state index < -0.39 is 0 Å². The summed E-state index contributed by atoms with van der Waals surface area (Å²) in [7, 11) is 0. The van der Waals surface area contributed by atoms with Crippen molar-refractivity contribution in [3.05, 3.63) is 152 Å². The molecule has 0 bridgehead atoms. The Morgan fingerprint density at radius 3 is 1.74 bits per heavy atom. The molecular weight excluding hydrogens is 591 g/mol. The lowest BCUT2D eigenvalue weighted by Crippen LogP contribution is -2.01. The molecule has 0 saturated carbocycles. The average Bonchev–Trinajstić information content (AvgIpc) is 3.53. The molecule has 0 spiro atoms. The largest absolute Gasteiger partial charge is 0.208 e. The zero-order valence-electron chi connectivity index (χ0n) is 25.2. The third kappa shape index (κ3) is 4.16. The lowest BCUT2D eigenvalue weighted by molar-refractivity contribution is 1.08. The summed E-state index contributed by atoms with van der Waals surface area (Å²) in [5.41, 5.74) is 2.97. The highest BCUT2D eigenvalue weighted by atomic mass is 32.1. The number of aromatic nitrogens is 3. The number of benzene rings is 8. The van der Waals surface area contributed by atoms with Crippen LogP contribution in [0.25, 0.3) is 97.4 Å². The van der Waals surface area contributed by atoms with Crippen molar-refractivity contribution in [3.8, 4) is 34.2 Å². The first-order chi connectivity index (χ1) is 23.3. The highest BCUT2D eigenvalue weighted by Crippen LogP contribution is 2.40. The van der Waals surface area contributed by atoms with Crippen molar-refractivity contribution in [3.63, 3.8) is 0 Å². The maximum atomic E-state index is 5.21. The molecular formula is C43H25N3S. The highest BCUT2D eigenvalue weighted by molar-refractivity contribution is 7.25. The van der Waals surface area contributed by atoms with Crippen LogP contribution in [0.3, 0.4) is 0 Å². The molecule has 10 rings (SSSR count). The van der Waals surface area contributed by atoms with Gasteiger partial charge in [-0.15, -0.1) is 11.3 Å². The Kier molecular flexibility index (Phi) is 5.74. The van der Waals surface area contributed by atoms with Gasteiger partial charge in [-0.25, -0.2) is 15.0 Å². The molecule has 0 aliphatic carbocycles. The van der Waals surface area contributed by atoms with Crippen LogP contribution in [0.2, 0.25) is 0 Å². The van der Waals surface area contributed by atoms with Crippen molar-refractivity contribution >= 4 is 74.6 Å². The molecule has 3 nitrogen and oxygen atoms in total. The molecule has 4 heteroatoms. The van der Waals surface area contributed by atoms with Crippen molar-refractivity contribution in [2.75, 3.05) is 0 Å². The Balaban J connectivity index is 1.23. The molecule has 218 valence electrons. The minimum absolute atomic E-state index is 0.662. The van der Waals surface area contributed by atoms with Crippen LogP contribution in [-0.4, -0.2) is 15.0 Å². The first-order valence-electron chi connectivity index (χ1n) is 15.8. The number of rotatable bonds is 3. The molecule has 2 aromatic heterocycles. The number of hydrogen-bond donors (Lipinski definition) is 0. The number of hydrogen-bond acceptors (Lipinski definition) is 4. The Hall–Kier alpha value is -5.97. The second-order valence-electron chi connectivity index (χ2n) is 12.0. The van der Waals surface area contributed by atoms with Gasteiger partial charge in [0.25, 0.3) is 0 Å². The third-order valence-electron chi connectivity index (χ3n) is 9.31. The van der Waals surface area contributed by atoms with Crippen LogP contribution >= 0.6 is 11.3 Å². The summed E-state index contributed by atoms with van der Waals surface area (Å²) < 4.78 is 2.48. The summed E-state index contributed by atoms with van der Waals surface area (Å²) in [6.07, 6.45) is 0. The quantitative estimate of drug-likeness (QED) is 0.186. The fourth-order valence-corrected chi connectivity index (χ4v) is 8.23. The second kappa shape index (κ2) is 10.3. The molecule has 0 fully saturated rings. The van der Waals surface area contributed by atoms with Gasteiger partial charge in [-0.05, 0) is 61.3 Å². The monoisotopic (exact) mass is 615 g/mol. The van der Waals surface area contributed by atoms with Gasteiger partial charge in [0.2, 0.25) is 0 Å². The van der Waals surface area contributed by atoms with Crippen LogP contribution in [0.4, 0.5) is 0 Å². The van der Waals surface area contributed by atoms with E-state index in [0.717, 1.165) is 32.8 Å². The van der Waals surface area contributed by atoms with Crippen LogP contribution in [0.15, 0.2) is 152 Å². The third-order valence-corrected chi connectivity index (χ3v) is 10.4. The lowest BCUT2D eigenvalue weighted by atomic mass is 9.96. The highest BCUT2D eigenvalue weighted by Gasteiger charge is 2.18. The van der Waals surface area contributed by atoms with E-state index in [1.807, 2.05) is 0 Å². The van der Waals surface area contributed by atoms with E-state index >= 15 is 0 Å². The van der Waals surface area contributed by atoms with Crippen molar-refractivity contribution in [1.82, 2.24) is 15.0 Å². The summed E-state index contributed by atoms with van der Waals surface area (Å²) in [5.74, 6) is 2.01. The molecule has 0 saturated heterocycles. The molecule has 0 aliphatic rings. The van der Waals surface area contributed by atoms with Gasteiger partial charge in [-0.1, -0.05) is 133 Å². The number of thiophene rings is 1. The molecule has 0 radical (unpaired) electrons. The van der Waals surface area contributed by atoms with Gasteiger partial charge in [0.05, 0.1) is 0 Å². The zero-order valence-corrected chi connectivity index (χ0v) is 26.0. The Morgan fingerprint density at radius 2 is 0.894 bits per heavy atom. The van der Waals surface area contributed by atoms with Gasteiger partial charge in [0, 0.05) is 36.9 Å². The molecule has 2 heterocycles. The predicted molar refractivity (Wildman–Crippen MR) is 199 cm³/mol. The van der Waals surface area contributed by atoms with Gasteiger partial charge >= 0.3 is 0 Å². The maximum Gasteiger partial charge on any atom is 0.164 e. The lowest BCUT2D eigenvalue weighted by Gasteiger charge is -2.12. The van der Waals surface area contributed by atoms with Crippen LogP contribution in [0.1, 0.15) is 0 Å². The topological polar surface area (TPSA) is 38.7 Å². The molecule has 0 unspecified atom stereocenters. The van der Waals surface area contributed by atoms with E-state index in [-0.39, 0.29) is 0 Å². The SMILES string of the molecule is c1ccc2c(-c3nc(-c4ccc5c(ccc6c7ccccc7ccc56)c4)nc(-c4cccc5sc6ccccc6c45)n3)cccc2c1. The Morgan fingerprint density at radius 1 is 0.340 bits per heavy atom. The maximum absolute atomic E-state index is 5.21. The van der Waals surface area contributed by atoms with Crippen molar-refractivity contribution in [2.24, 2.45) is 0 Å². The van der Waals surface area contributed by atoms with E-state index in [1.165, 1.54) is 47.1 Å². The summed E-state index contributed by atoms with van der Waals surface area (Å²) >= 11 is 1.81. The molecule has 0 aliphatic heterocycles. The van der Waals surface area contributed by atoms with Crippen LogP contribution in [0, 0.1) is 0 Å². The van der Waals surface area contributed by atoms with E-state index in [4.69, 9.17) is 15.0 Å². The van der Waals surface area contributed by atoms with Gasteiger partial charge < -0.3 is 0 Å². The molecule has 0 atom stereocenters. The fourth-order valence-electron chi connectivity index (χ4n) is 7.10. The van der Waals surface area contributed by atoms with Crippen LogP contribution in [0.5, 0.6) is 0 Å². The van der Waals surface area contributed by atoms with Crippen molar-refractivity contribution < 1.29 is 0 Å². The fraction of sp³-hybridized carbons (Fsp3) is 0. The summed E-state index contributed by atoms with van der Waals surface area (Å²) in [6.45, 7) is 0. The predicted octanol–water partition coefficient (Wildman–Crippen LogP) is 11.9. The summed E-state index contributed by atoms with van der Waals surface area (Å²) in [5, 5.41) is 12.1. The molecule has 8 aromatic carbocycles. The number of fused-ring (bicyclic) bond motifs is 9. The van der Waals surface area contributed by atoms with Gasteiger partial charge in [0.15, 0.2) is 17.5 Å². The smallest absolute Gasteiger partial charge is 0.164 e. The van der Waals surface area contributed by atoms with E-state index in [0.29, 0.717) is 17.5 Å². The minimum Gasteiger partial charge on any atom is -0.208 e. The van der Waals surface area contributed by atoms with Gasteiger partial charge in [0.1, 0.15) is 0 Å². The molecule has 47 heavy (non-hydrogen) atoms. The zero-order chi connectivity index (χ0) is 30.9. The molecule has 0 amide bonds. The first kappa shape index (κ1) is 26.3. The minimum atomic E-state index is 0.662. The molecule has 0 N–H and O–H groups in total. The van der Waals surface area contributed by atoms with Crippen molar-refractivity contribution in [1.29, 1.82) is 0 Å². The first-order valence-corrected chi connectivity index (χ1v) is 16.6. The van der Waals surface area contributed by atoms with Gasteiger partial charge in [-0.3, -0.25) is 0 Å². The van der Waals surface area contributed by atoms with Gasteiger partial charge in [-0.2, -0.15) is 0 Å². The standard InChI is InChI=1S/C43H25N3S/c1-4-13-31-26(9-1)11-7-15-35(31)42-44-41(45-43(46-42)37-16-8-18-39-40(37)36-14-5-6-17-38(36)47-39)29-21-22-32-28(25-29)20-24-33-30-12-3-2-10-27(30)19-23-34(32)33/h1-25H. The second-order valence-corrected chi connectivity index (χ2v) is 13.1. The van der Waals surface area contributed by atoms with Crippen molar-refractivity contribution in [2.45, 2.75) is 0 Å². The van der Waals surface area contributed by atoms with E-state index in [1.54, 1.807) is 11.3 Å². The summed E-state index contributed by atoms with van der Waals surface area (Å²) in [6, 6.07) is 53.9. The average molecular weight is 616 g/mol. The van der Waals surface area contributed by atoms with E-state index in [9.17, 15) is 0 Å². The summed E-state index contributed by atoms with van der Waals surface area (Å²) in [4.78, 5) is 15.6. The normalized spacial score (nSPS) is 11.8. The Labute approximate surface area is 274 Å². The Bertz CT molecular complexity index is 2860. The molecule has 10 aromatic rings. The van der Waals surface area contributed by atoms with E-state index in [2.05, 4.69) is 152 Å².